The second kappa shape index (κ2) is 5.94. The fraction of sp³-hybridized carbons (Fsp3) is 0.0769. The summed E-state index contributed by atoms with van der Waals surface area (Å²) in [6.07, 6.45) is 1.16. The summed E-state index contributed by atoms with van der Waals surface area (Å²) >= 11 is 6.01. The monoisotopic (exact) mass is 272 g/mol. The summed E-state index contributed by atoms with van der Waals surface area (Å²) < 4.78 is 0. The average molecular weight is 273 g/mol. The van der Waals surface area contributed by atoms with Crippen molar-refractivity contribution in [2.24, 2.45) is 5.10 Å². The van der Waals surface area contributed by atoms with Crippen LogP contribution in [-0.4, -0.2) is 17.1 Å². The van der Waals surface area contributed by atoms with Crippen LogP contribution in [0.3, 0.4) is 0 Å². The minimum Gasteiger partial charge on any atom is -0.272 e. The first kappa shape index (κ1) is 13.0. The van der Waals surface area contributed by atoms with Crippen molar-refractivity contribution < 1.29 is 4.79 Å². The molecule has 19 heavy (non-hydrogen) atoms. The van der Waals surface area contributed by atoms with Crippen molar-refractivity contribution in [3.63, 3.8) is 0 Å². The number of aromatic nitrogens is 1. The molecule has 0 aliphatic heterocycles. The zero-order valence-corrected chi connectivity index (χ0v) is 10.6. The molecular formula is C13H9ClN4O. The summed E-state index contributed by atoms with van der Waals surface area (Å²) in [5.74, 6) is -0.469. The Morgan fingerprint density at radius 1 is 1.53 bits per heavy atom. The third kappa shape index (κ3) is 3.27. The third-order valence-electron chi connectivity index (χ3n) is 2.34. The molecule has 0 spiro atoms. The molecule has 2 aromatic rings. The molecule has 94 valence electrons. The van der Waals surface area contributed by atoms with Crippen molar-refractivity contribution in [3.05, 3.63) is 41.0 Å². The van der Waals surface area contributed by atoms with Crippen molar-refractivity contribution in [1.82, 2.24) is 10.4 Å². The number of hydrazone groups is 1. The van der Waals surface area contributed by atoms with Crippen LogP contribution in [0.5, 0.6) is 0 Å². The van der Waals surface area contributed by atoms with E-state index in [0.717, 1.165) is 10.9 Å². The molecule has 1 amide bonds. The van der Waals surface area contributed by atoms with Gasteiger partial charge in [-0.25, -0.2) is 10.4 Å². The van der Waals surface area contributed by atoms with E-state index in [9.17, 15) is 4.79 Å². The number of halogens is 1. The van der Waals surface area contributed by atoms with Crippen LogP contribution in [0.25, 0.3) is 10.9 Å². The highest BCUT2D eigenvalue weighted by Gasteiger charge is 2.03. The molecule has 0 unspecified atom stereocenters. The summed E-state index contributed by atoms with van der Waals surface area (Å²) in [4.78, 5) is 15.3. The second-order valence-electron chi connectivity index (χ2n) is 3.69. The van der Waals surface area contributed by atoms with Crippen LogP contribution in [0.4, 0.5) is 0 Å². The molecular weight excluding hydrogens is 264 g/mol. The Bertz CT molecular complexity index is 691. The van der Waals surface area contributed by atoms with E-state index in [1.807, 2.05) is 30.3 Å². The van der Waals surface area contributed by atoms with E-state index in [4.69, 9.17) is 16.9 Å². The van der Waals surface area contributed by atoms with Gasteiger partial charge in [-0.05, 0) is 12.1 Å². The fourth-order valence-corrected chi connectivity index (χ4v) is 1.68. The molecule has 1 aromatic heterocycles. The molecule has 0 saturated heterocycles. The van der Waals surface area contributed by atoms with E-state index >= 15 is 0 Å². The summed E-state index contributed by atoms with van der Waals surface area (Å²) in [6, 6.07) is 11.1. The Labute approximate surface area is 114 Å². The summed E-state index contributed by atoms with van der Waals surface area (Å²) in [6.45, 7) is 0. The summed E-state index contributed by atoms with van der Waals surface area (Å²) in [5.41, 5.74) is 3.61. The largest absolute Gasteiger partial charge is 0.272 e. The molecule has 1 N–H and O–H groups in total. The quantitative estimate of drug-likeness (QED) is 0.529. The maximum atomic E-state index is 11.0. The van der Waals surface area contributed by atoms with Gasteiger partial charge in [0.15, 0.2) is 0 Å². The molecule has 6 heteroatoms. The van der Waals surface area contributed by atoms with Crippen molar-refractivity contribution in [2.45, 2.75) is 6.42 Å². The first-order valence-corrected chi connectivity index (χ1v) is 5.82. The molecule has 0 fully saturated rings. The standard InChI is InChI=1S/C13H9ClN4O/c14-13-10(8-16-18-12(19)5-6-15)7-9-3-1-2-4-11(9)17-13/h1-4,7-8H,5H2,(H,18,19). The predicted molar refractivity (Wildman–Crippen MR) is 72.7 cm³/mol. The lowest BCUT2D eigenvalue weighted by molar-refractivity contribution is -0.120. The van der Waals surface area contributed by atoms with Gasteiger partial charge in [-0.3, -0.25) is 4.79 Å². The molecule has 0 aliphatic carbocycles. The Balaban J connectivity index is 2.21. The van der Waals surface area contributed by atoms with Gasteiger partial charge in [0.1, 0.15) is 11.6 Å². The SMILES string of the molecule is N#CCC(=O)NN=Cc1cc2ccccc2nc1Cl. The van der Waals surface area contributed by atoms with Gasteiger partial charge in [0, 0.05) is 10.9 Å². The Morgan fingerprint density at radius 2 is 2.32 bits per heavy atom. The molecule has 1 heterocycles. The number of benzene rings is 1. The predicted octanol–water partition coefficient (Wildman–Crippen LogP) is 2.25. The van der Waals surface area contributed by atoms with Gasteiger partial charge in [0.25, 0.3) is 5.91 Å². The first-order valence-electron chi connectivity index (χ1n) is 5.45. The normalized spacial score (nSPS) is 10.5. The fourth-order valence-electron chi connectivity index (χ4n) is 1.48. The van der Waals surface area contributed by atoms with Crippen LogP contribution in [0.2, 0.25) is 5.15 Å². The van der Waals surface area contributed by atoms with E-state index in [1.165, 1.54) is 6.21 Å². The minimum absolute atomic E-state index is 0.235. The highest BCUT2D eigenvalue weighted by atomic mass is 35.5. The van der Waals surface area contributed by atoms with Gasteiger partial charge in [0.2, 0.25) is 0 Å². The van der Waals surface area contributed by atoms with Crippen LogP contribution < -0.4 is 5.43 Å². The minimum atomic E-state index is -0.469. The number of carbonyl (C=O) groups is 1. The summed E-state index contributed by atoms with van der Waals surface area (Å²) in [5, 5.41) is 13.3. The number of amides is 1. The van der Waals surface area contributed by atoms with Crippen molar-refractivity contribution in [1.29, 1.82) is 5.26 Å². The van der Waals surface area contributed by atoms with Crippen LogP contribution >= 0.6 is 11.6 Å². The maximum Gasteiger partial charge on any atom is 0.254 e. The molecule has 0 bridgehead atoms. The Hall–Kier alpha value is -2.45. The van der Waals surface area contributed by atoms with Crippen molar-refractivity contribution in [2.75, 3.05) is 0 Å². The lowest BCUT2D eigenvalue weighted by Gasteiger charge is -2.01. The molecule has 5 nitrogen and oxygen atoms in total. The Morgan fingerprint density at radius 3 is 3.11 bits per heavy atom. The zero-order chi connectivity index (χ0) is 13.7. The number of rotatable bonds is 3. The highest BCUT2D eigenvalue weighted by Crippen LogP contribution is 2.18. The van der Waals surface area contributed by atoms with Gasteiger partial charge in [-0.1, -0.05) is 29.8 Å². The van der Waals surface area contributed by atoms with Gasteiger partial charge >= 0.3 is 0 Å². The van der Waals surface area contributed by atoms with Crippen LogP contribution in [0, 0.1) is 11.3 Å². The van der Waals surface area contributed by atoms with Crippen LogP contribution in [0.1, 0.15) is 12.0 Å². The van der Waals surface area contributed by atoms with Crippen molar-refractivity contribution >= 4 is 34.6 Å². The van der Waals surface area contributed by atoms with Gasteiger partial charge < -0.3 is 0 Å². The smallest absolute Gasteiger partial charge is 0.254 e. The van der Waals surface area contributed by atoms with Crippen molar-refractivity contribution in [3.8, 4) is 6.07 Å². The lowest BCUT2D eigenvalue weighted by atomic mass is 10.2. The molecule has 0 aliphatic rings. The number of nitriles is 1. The number of hydrogen-bond donors (Lipinski definition) is 1. The number of nitrogens with one attached hydrogen (secondary N) is 1. The topological polar surface area (TPSA) is 78.1 Å². The average Bonchev–Trinajstić information content (AvgIpc) is 2.39. The van der Waals surface area contributed by atoms with Crippen LogP contribution in [0.15, 0.2) is 35.4 Å². The van der Waals surface area contributed by atoms with E-state index in [-0.39, 0.29) is 6.42 Å². The number of hydrogen-bond acceptors (Lipinski definition) is 4. The number of nitrogens with zero attached hydrogens (tertiary/aromatic N) is 3. The summed E-state index contributed by atoms with van der Waals surface area (Å²) in [7, 11) is 0. The number of fused-ring (bicyclic) bond motifs is 1. The van der Waals surface area contributed by atoms with E-state index in [0.29, 0.717) is 10.7 Å². The van der Waals surface area contributed by atoms with E-state index < -0.39 is 5.91 Å². The number of carbonyl (C=O) groups excluding carboxylic acids is 1. The molecule has 0 atom stereocenters. The third-order valence-corrected chi connectivity index (χ3v) is 2.64. The Kier molecular flexibility index (Phi) is 4.06. The zero-order valence-electron chi connectivity index (χ0n) is 9.80. The van der Waals surface area contributed by atoms with Gasteiger partial charge in [0.05, 0.1) is 17.8 Å². The van der Waals surface area contributed by atoms with Crippen LogP contribution in [-0.2, 0) is 4.79 Å². The number of para-hydroxylation sites is 1. The first-order chi connectivity index (χ1) is 9.20. The lowest BCUT2D eigenvalue weighted by Crippen LogP contribution is -2.16. The maximum absolute atomic E-state index is 11.0. The van der Waals surface area contributed by atoms with E-state index in [2.05, 4.69) is 15.5 Å². The molecule has 0 saturated carbocycles. The van der Waals surface area contributed by atoms with Gasteiger partial charge in [-0.2, -0.15) is 10.4 Å². The molecule has 2 rings (SSSR count). The van der Waals surface area contributed by atoms with E-state index in [1.54, 1.807) is 6.07 Å². The molecule has 0 radical (unpaired) electrons. The second-order valence-corrected chi connectivity index (χ2v) is 4.05. The van der Waals surface area contributed by atoms with Gasteiger partial charge in [-0.15, -0.1) is 0 Å². The number of pyridine rings is 1. The highest BCUT2D eigenvalue weighted by molar-refractivity contribution is 6.32. The molecule has 1 aromatic carbocycles.